The molecule has 1 aromatic heterocycles. The topological polar surface area (TPSA) is 36.4 Å². The zero-order valence-electron chi connectivity index (χ0n) is 14.2. The molecule has 6 heteroatoms. The van der Waals surface area contributed by atoms with Crippen LogP contribution >= 0.6 is 11.8 Å². The maximum atomic E-state index is 13.9. The third-order valence-corrected chi connectivity index (χ3v) is 6.15. The normalized spacial score (nSPS) is 20.1. The molecular formula is C19H22FN3OS. The van der Waals surface area contributed by atoms with Crippen molar-refractivity contribution < 1.29 is 9.18 Å². The number of aromatic nitrogens is 1. The maximum absolute atomic E-state index is 13.9. The molecule has 0 N–H and O–H groups in total. The Morgan fingerprint density at radius 3 is 2.60 bits per heavy atom. The maximum Gasteiger partial charge on any atom is 0.272 e. The molecule has 0 aliphatic carbocycles. The molecule has 4 rings (SSSR count). The summed E-state index contributed by atoms with van der Waals surface area (Å²) < 4.78 is 13.9. The van der Waals surface area contributed by atoms with Crippen LogP contribution in [0, 0.1) is 5.82 Å². The second-order valence-electron chi connectivity index (χ2n) is 6.68. The SMILES string of the molecule is O=C(c1ccc2cccc(F)c2n1)N1CCC(N2CCSCC2)CC1. The molecule has 2 aliphatic heterocycles. The fourth-order valence-corrected chi connectivity index (χ4v) is 4.70. The Morgan fingerprint density at radius 2 is 1.84 bits per heavy atom. The van der Waals surface area contributed by atoms with Crippen molar-refractivity contribution >= 4 is 28.6 Å². The van der Waals surface area contributed by atoms with Crippen LogP contribution in [0.4, 0.5) is 4.39 Å². The first-order valence-electron chi connectivity index (χ1n) is 8.89. The highest BCUT2D eigenvalue weighted by molar-refractivity contribution is 7.99. The van der Waals surface area contributed by atoms with Gasteiger partial charge in [-0.25, -0.2) is 9.37 Å². The number of thioether (sulfide) groups is 1. The first-order chi connectivity index (χ1) is 12.2. The summed E-state index contributed by atoms with van der Waals surface area (Å²) in [5.41, 5.74) is 0.611. The van der Waals surface area contributed by atoms with Gasteiger partial charge in [-0.15, -0.1) is 0 Å². The van der Waals surface area contributed by atoms with Crippen LogP contribution in [0.25, 0.3) is 10.9 Å². The van der Waals surface area contributed by atoms with E-state index in [9.17, 15) is 9.18 Å². The molecule has 3 heterocycles. The van der Waals surface area contributed by atoms with Crippen LogP contribution in [0.5, 0.6) is 0 Å². The van der Waals surface area contributed by atoms with E-state index in [1.54, 1.807) is 18.2 Å². The van der Waals surface area contributed by atoms with Crippen LogP contribution in [0.15, 0.2) is 30.3 Å². The molecule has 0 bridgehead atoms. The van der Waals surface area contributed by atoms with Gasteiger partial charge in [0, 0.05) is 49.1 Å². The molecule has 0 atom stereocenters. The van der Waals surface area contributed by atoms with Crippen molar-refractivity contribution in [2.45, 2.75) is 18.9 Å². The lowest BCUT2D eigenvalue weighted by atomic mass is 10.0. The summed E-state index contributed by atoms with van der Waals surface area (Å²) in [6.45, 7) is 3.83. The summed E-state index contributed by atoms with van der Waals surface area (Å²) in [6, 6.07) is 8.92. The number of likely N-dealkylation sites (tertiary alicyclic amines) is 1. The van der Waals surface area contributed by atoms with E-state index in [4.69, 9.17) is 0 Å². The highest BCUT2D eigenvalue weighted by atomic mass is 32.2. The van der Waals surface area contributed by atoms with Crippen molar-refractivity contribution in [1.82, 2.24) is 14.8 Å². The number of hydrogen-bond acceptors (Lipinski definition) is 4. The van der Waals surface area contributed by atoms with Crippen LogP contribution in [0.3, 0.4) is 0 Å². The van der Waals surface area contributed by atoms with Gasteiger partial charge in [0.05, 0.1) is 0 Å². The summed E-state index contributed by atoms with van der Waals surface area (Å²) in [4.78, 5) is 21.5. The molecule has 2 aromatic rings. The second-order valence-corrected chi connectivity index (χ2v) is 7.90. The number of carbonyl (C=O) groups excluding carboxylic acids is 1. The predicted molar refractivity (Wildman–Crippen MR) is 99.5 cm³/mol. The Kier molecular flexibility index (Phi) is 4.90. The number of pyridine rings is 1. The van der Waals surface area contributed by atoms with Crippen molar-refractivity contribution in [1.29, 1.82) is 0 Å². The Labute approximate surface area is 151 Å². The van der Waals surface area contributed by atoms with Gasteiger partial charge >= 0.3 is 0 Å². The van der Waals surface area contributed by atoms with E-state index in [0.717, 1.165) is 44.4 Å². The van der Waals surface area contributed by atoms with Crippen molar-refractivity contribution in [2.24, 2.45) is 0 Å². The monoisotopic (exact) mass is 359 g/mol. The number of hydrogen-bond donors (Lipinski definition) is 0. The number of para-hydroxylation sites is 1. The minimum atomic E-state index is -0.381. The van der Waals surface area contributed by atoms with E-state index < -0.39 is 0 Å². The first-order valence-corrected chi connectivity index (χ1v) is 10.0. The van der Waals surface area contributed by atoms with E-state index in [0.29, 0.717) is 11.7 Å². The molecule has 132 valence electrons. The van der Waals surface area contributed by atoms with E-state index in [2.05, 4.69) is 9.88 Å². The average Bonchev–Trinajstić information content (AvgIpc) is 2.68. The minimum Gasteiger partial charge on any atom is -0.337 e. The van der Waals surface area contributed by atoms with Gasteiger partial charge in [0.25, 0.3) is 5.91 Å². The smallest absolute Gasteiger partial charge is 0.272 e. The molecule has 0 unspecified atom stereocenters. The molecule has 0 radical (unpaired) electrons. The van der Waals surface area contributed by atoms with E-state index in [1.807, 2.05) is 22.7 Å². The second kappa shape index (κ2) is 7.30. The molecule has 2 fully saturated rings. The Hall–Kier alpha value is -1.66. The van der Waals surface area contributed by atoms with Crippen molar-refractivity contribution in [3.63, 3.8) is 0 Å². The lowest BCUT2D eigenvalue weighted by molar-refractivity contribution is 0.0625. The van der Waals surface area contributed by atoms with E-state index in [1.165, 1.54) is 17.6 Å². The van der Waals surface area contributed by atoms with Crippen LogP contribution in [0.2, 0.25) is 0 Å². The van der Waals surface area contributed by atoms with Crippen LogP contribution < -0.4 is 0 Å². The van der Waals surface area contributed by atoms with Crippen molar-refractivity contribution in [3.05, 3.63) is 41.8 Å². The number of nitrogens with zero attached hydrogens (tertiary/aromatic N) is 3. The molecule has 1 aromatic carbocycles. The van der Waals surface area contributed by atoms with E-state index >= 15 is 0 Å². The molecule has 2 aliphatic rings. The van der Waals surface area contributed by atoms with Gasteiger partial charge in [-0.1, -0.05) is 18.2 Å². The summed E-state index contributed by atoms with van der Waals surface area (Å²) in [7, 11) is 0. The largest absolute Gasteiger partial charge is 0.337 e. The Balaban J connectivity index is 1.44. The molecule has 1 amide bonds. The quantitative estimate of drug-likeness (QED) is 0.826. The number of halogens is 1. The van der Waals surface area contributed by atoms with Gasteiger partial charge in [0.1, 0.15) is 17.0 Å². The number of carbonyl (C=O) groups is 1. The number of rotatable bonds is 2. The fourth-order valence-electron chi connectivity index (χ4n) is 3.77. The highest BCUT2D eigenvalue weighted by Crippen LogP contribution is 2.22. The lowest BCUT2D eigenvalue weighted by Gasteiger charge is -2.40. The summed E-state index contributed by atoms with van der Waals surface area (Å²) >= 11 is 2.02. The van der Waals surface area contributed by atoms with Crippen LogP contribution in [0.1, 0.15) is 23.3 Å². The minimum absolute atomic E-state index is 0.0854. The number of piperidine rings is 1. The molecule has 4 nitrogen and oxygen atoms in total. The Morgan fingerprint density at radius 1 is 1.08 bits per heavy atom. The van der Waals surface area contributed by atoms with Crippen LogP contribution in [-0.4, -0.2) is 64.4 Å². The molecular weight excluding hydrogens is 337 g/mol. The predicted octanol–water partition coefficient (Wildman–Crippen LogP) is 3.03. The van der Waals surface area contributed by atoms with Crippen LogP contribution in [-0.2, 0) is 0 Å². The first kappa shape index (κ1) is 16.8. The van der Waals surface area contributed by atoms with Gasteiger partial charge < -0.3 is 4.90 Å². The average molecular weight is 359 g/mol. The number of benzene rings is 1. The van der Waals surface area contributed by atoms with Gasteiger partial charge in [0.15, 0.2) is 0 Å². The van der Waals surface area contributed by atoms with E-state index in [-0.39, 0.29) is 17.2 Å². The molecule has 0 saturated carbocycles. The van der Waals surface area contributed by atoms with Crippen molar-refractivity contribution in [3.8, 4) is 0 Å². The third-order valence-electron chi connectivity index (χ3n) is 5.20. The van der Waals surface area contributed by atoms with Crippen molar-refractivity contribution in [2.75, 3.05) is 37.7 Å². The van der Waals surface area contributed by atoms with Gasteiger partial charge in [-0.2, -0.15) is 11.8 Å². The zero-order valence-corrected chi connectivity index (χ0v) is 15.0. The fraction of sp³-hybridized carbons (Fsp3) is 0.474. The lowest BCUT2D eigenvalue weighted by Crippen LogP contribution is -2.49. The number of amides is 1. The van der Waals surface area contributed by atoms with Gasteiger partial charge in [-0.05, 0) is 25.0 Å². The highest BCUT2D eigenvalue weighted by Gasteiger charge is 2.28. The Bertz CT molecular complexity index is 770. The van der Waals surface area contributed by atoms with Gasteiger partial charge in [0.2, 0.25) is 0 Å². The summed E-state index contributed by atoms with van der Waals surface area (Å²) in [5.74, 6) is 1.96. The molecule has 2 saturated heterocycles. The summed E-state index contributed by atoms with van der Waals surface area (Å²) in [6.07, 6.45) is 2.02. The molecule has 25 heavy (non-hydrogen) atoms. The third kappa shape index (κ3) is 3.51. The zero-order chi connectivity index (χ0) is 17.2. The molecule has 0 spiro atoms. The number of fused-ring (bicyclic) bond motifs is 1. The summed E-state index contributed by atoms with van der Waals surface area (Å²) in [5, 5.41) is 0.721. The standard InChI is InChI=1S/C19H22FN3OS/c20-16-3-1-2-14-4-5-17(21-18(14)16)19(24)23-8-6-15(7-9-23)22-10-12-25-13-11-22/h1-5,15H,6-13H2. The van der Waals surface area contributed by atoms with Gasteiger partial charge in [-0.3, -0.25) is 9.69 Å².